The van der Waals surface area contributed by atoms with Crippen molar-refractivity contribution in [2.24, 2.45) is 0 Å². The van der Waals surface area contributed by atoms with Gasteiger partial charge < -0.3 is 25.2 Å². The van der Waals surface area contributed by atoms with Crippen molar-refractivity contribution in [1.29, 1.82) is 0 Å². The van der Waals surface area contributed by atoms with Crippen molar-refractivity contribution in [1.82, 2.24) is 5.32 Å². The third-order valence-corrected chi connectivity index (χ3v) is 3.89. The van der Waals surface area contributed by atoms with E-state index in [0.29, 0.717) is 17.1 Å². The third kappa shape index (κ3) is 5.93. The van der Waals surface area contributed by atoms with Gasteiger partial charge >= 0.3 is 12.2 Å². The average Bonchev–Trinajstić information content (AvgIpc) is 2.65. The highest BCUT2D eigenvalue weighted by Gasteiger charge is 2.33. The molecule has 0 unspecified atom stereocenters. The number of anilines is 1. The van der Waals surface area contributed by atoms with Crippen LogP contribution in [0.2, 0.25) is 5.02 Å². The van der Waals surface area contributed by atoms with Crippen molar-refractivity contribution in [2.45, 2.75) is 12.7 Å². The van der Waals surface area contributed by atoms with Gasteiger partial charge in [-0.1, -0.05) is 17.7 Å². The van der Waals surface area contributed by atoms with Crippen molar-refractivity contribution < 1.29 is 32.5 Å². The summed E-state index contributed by atoms with van der Waals surface area (Å²) in [6.45, 7) is 0.0624. The zero-order chi connectivity index (χ0) is 20.7. The molecule has 6 nitrogen and oxygen atoms in total. The number of carbonyl (C=O) groups excluding carboxylic acids is 1. The largest absolute Gasteiger partial charge is 0.493 e. The summed E-state index contributed by atoms with van der Waals surface area (Å²) in [5, 5.41) is 13.2. The predicted octanol–water partition coefficient (Wildman–Crippen LogP) is 4.06. The zero-order valence-corrected chi connectivity index (χ0v) is 15.5. The second kappa shape index (κ2) is 9.52. The number of hydrogen-bond acceptors (Lipinski definition) is 4. The Morgan fingerprint density at radius 2 is 1.93 bits per heavy atom. The minimum Gasteiger partial charge on any atom is -0.493 e. The van der Waals surface area contributed by atoms with Crippen LogP contribution < -0.4 is 20.1 Å². The fraction of sp³-hybridized carbons (Fsp3) is 0.278. The highest BCUT2D eigenvalue weighted by Crippen LogP contribution is 2.36. The molecule has 0 spiro atoms. The van der Waals surface area contributed by atoms with Crippen LogP contribution in [0.15, 0.2) is 36.4 Å². The number of aliphatic hydroxyl groups excluding tert-OH is 1. The van der Waals surface area contributed by atoms with Gasteiger partial charge in [0.15, 0.2) is 11.5 Å². The van der Waals surface area contributed by atoms with E-state index in [2.05, 4.69) is 10.6 Å². The van der Waals surface area contributed by atoms with E-state index in [0.717, 1.165) is 12.1 Å². The lowest BCUT2D eigenvalue weighted by Crippen LogP contribution is -2.28. The second-order valence-corrected chi connectivity index (χ2v) is 5.96. The molecule has 0 atom stereocenters. The van der Waals surface area contributed by atoms with Gasteiger partial charge in [0.2, 0.25) is 0 Å². The fourth-order valence-electron chi connectivity index (χ4n) is 2.27. The molecule has 10 heteroatoms. The maximum atomic E-state index is 12.9. The molecule has 2 aromatic rings. The lowest BCUT2D eigenvalue weighted by atomic mass is 10.2. The summed E-state index contributed by atoms with van der Waals surface area (Å²) in [5.74, 6) is 0.853. The Morgan fingerprint density at radius 1 is 1.18 bits per heavy atom. The maximum absolute atomic E-state index is 12.9. The zero-order valence-electron chi connectivity index (χ0n) is 14.8. The Kier molecular flexibility index (Phi) is 7.36. The topological polar surface area (TPSA) is 79.8 Å². The van der Waals surface area contributed by atoms with Crippen LogP contribution in [-0.4, -0.2) is 31.5 Å². The van der Waals surface area contributed by atoms with E-state index in [-0.39, 0.29) is 25.4 Å². The molecule has 0 bridgehead atoms. The van der Waals surface area contributed by atoms with Crippen molar-refractivity contribution in [2.75, 3.05) is 25.6 Å². The molecule has 0 fully saturated rings. The molecular formula is C18H18ClF3N2O4. The van der Waals surface area contributed by atoms with E-state index in [1.54, 1.807) is 18.2 Å². The summed E-state index contributed by atoms with van der Waals surface area (Å²) >= 11 is 5.55. The molecule has 2 rings (SSSR count). The first-order valence-electron chi connectivity index (χ1n) is 8.06. The molecular weight excluding hydrogens is 401 g/mol. The fourth-order valence-corrected chi connectivity index (χ4v) is 2.50. The Morgan fingerprint density at radius 3 is 2.57 bits per heavy atom. The Balaban J connectivity index is 1.99. The normalized spacial score (nSPS) is 11.1. The van der Waals surface area contributed by atoms with Gasteiger partial charge in [0.05, 0.1) is 24.3 Å². The van der Waals surface area contributed by atoms with Gasteiger partial charge in [-0.25, -0.2) is 4.79 Å². The first-order chi connectivity index (χ1) is 13.2. The second-order valence-electron chi connectivity index (χ2n) is 5.56. The smallest absolute Gasteiger partial charge is 0.417 e. The van der Waals surface area contributed by atoms with Crippen LogP contribution in [0.4, 0.5) is 23.7 Å². The molecule has 0 aromatic heterocycles. The van der Waals surface area contributed by atoms with Crippen molar-refractivity contribution in [3.63, 3.8) is 0 Å². The van der Waals surface area contributed by atoms with Crippen LogP contribution in [-0.2, 0) is 12.7 Å². The molecule has 0 radical (unpaired) electrons. The summed E-state index contributed by atoms with van der Waals surface area (Å²) < 4.78 is 49.1. The summed E-state index contributed by atoms with van der Waals surface area (Å²) in [6.07, 6.45) is -4.62. The third-order valence-electron chi connectivity index (χ3n) is 3.56. The first-order valence-corrected chi connectivity index (χ1v) is 8.44. The Hall–Kier alpha value is -2.65. The number of nitrogens with one attached hydrogen (secondary N) is 2. The Labute approximate surface area is 164 Å². The molecule has 0 saturated heterocycles. The van der Waals surface area contributed by atoms with E-state index >= 15 is 0 Å². The van der Waals surface area contributed by atoms with Gasteiger partial charge in [0.25, 0.3) is 0 Å². The highest BCUT2D eigenvalue weighted by atomic mass is 35.5. The molecule has 28 heavy (non-hydrogen) atoms. The molecule has 0 heterocycles. The van der Waals surface area contributed by atoms with Crippen LogP contribution in [0.5, 0.6) is 11.5 Å². The number of aliphatic hydroxyl groups is 1. The lowest BCUT2D eigenvalue weighted by Gasteiger charge is -2.13. The van der Waals surface area contributed by atoms with Gasteiger partial charge in [-0.3, -0.25) is 0 Å². The highest BCUT2D eigenvalue weighted by molar-refractivity contribution is 6.31. The number of rotatable bonds is 7. The number of hydrogen-bond donors (Lipinski definition) is 3. The number of alkyl halides is 3. The maximum Gasteiger partial charge on any atom is 0.417 e. The lowest BCUT2D eigenvalue weighted by molar-refractivity contribution is -0.137. The minimum atomic E-state index is -4.62. The number of urea groups is 1. The SMILES string of the molecule is COc1cc(CNC(=O)Nc2ccc(Cl)c(C(F)(F)F)c2)ccc1OCCO. The van der Waals surface area contributed by atoms with E-state index < -0.39 is 22.8 Å². The molecule has 3 N–H and O–H groups in total. The molecule has 0 aliphatic carbocycles. The van der Waals surface area contributed by atoms with Gasteiger partial charge in [-0.05, 0) is 35.9 Å². The van der Waals surface area contributed by atoms with Crippen LogP contribution in [0.3, 0.4) is 0 Å². The molecule has 2 amide bonds. The van der Waals surface area contributed by atoms with Gasteiger partial charge in [-0.15, -0.1) is 0 Å². The standard InChI is InChI=1S/C18H18ClF3N2O4/c1-27-16-8-11(2-5-15(16)28-7-6-25)10-23-17(26)24-12-3-4-14(19)13(9-12)18(20,21)22/h2-5,8-9,25H,6-7,10H2,1H3,(H2,23,24,26). The van der Waals surface area contributed by atoms with Gasteiger partial charge in [-0.2, -0.15) is 13.2 Å². The van der Waals surface area contributed by atoms with Crippen LogP contribution in [0.1, 0.15) is 11.1 Å². The molecule has 152 valence electrons. The molecule has 0 saturated carbocycles. The first kappa shape index (κ1) is 21.6. The van der Waals surface area contributed by atoms with E-state index in [9.17, 15) is 18.0 Å². The van der Waals surface area contributed by atoms with Crippen LogP contribution in [0, 0.1) is 0 Å². The van der Waals surface area contributed by atoms with Gasteiger partial charge in [0.1, 0.15) is 6.61 Å². The van der Waals surface area contributed by atoms with Crippen LogP contribution in [0.25, 0.3) is 0 Å². The summed E-state index contributed by atoms with van der Waals surface area (Å²) in [6, 6.07) is 7.35. The molecule has 0 aliphatic rings. The van der Waals surface area contributed by atoms with Crippen molar-refractivity contribution >= 4 is 23.3 Å². The molecule has 2 aromatic carbocycles. The number of carbonyl (C=O) groups is 1. The quantitative estimate of drug-likeness (QED) is 0.633. The van der Waals surface area contributed by atoms with E-state index in [4.69, 9.17) is 26.2 Å². The van der Waals surface area contributed by atoms with E-state index in [1.807, 2.05) is 0 Å². The van der Waals surface area contributed by atoms with E-state index in [1.165, 1.54) is 13.2 Å². The number of ether oxygens (including phenoxy) is 2. The summed E-state index contributed by atoms with van der Waals surface area (Å²) in [7, 11) is 1.45. The van der Waals surface area contributed by atoms with Crippen LogP contribution >= 0.6 is 11.6 Å². The average molecular weight is 419 g/mol. The summed E-state index contributed by atoms with van der Waals surface area (Å²) in [4.78, 5) is 12.0. The monoisotopic (exact) mass is 418 g/mol. The number of benzene rings is 2. The minimum absolute atomic E-state index is 0.0421. The van der Waals surface area contributed by atoms with Crippen molar-refractivity contribution in [3.05, 3.63) is 52.5 Å². The number of halogens is 4. The summed E-state index contributed by atoms with van der Waals surface area (Å²) in [5.41, 5.74) is -0.398. The predicted molar refractivity (Wildman–Crippen MR) is 97.9 cm³/mol. The molecule has 0 aliphatic heterocycles. The number of amides is 2. The number of methoxy groups -OCH3 is 1. The van der Waals surface area contributed by atoms with Gasteiger partial charge in [0, 0.05) is 12.2 Å². The Bertz CT molecular complexity index is 831. The van der Waals surface area contributed by atoms with Crippen molar-refractivity contribution in [3.8, 4) is 11.5 Å².